The molecule has 0 fully saturated rings. The number of fused-ring (bicyclic) bond motifs is 3. The summed E-state index contributed by atoms with van der Waals surface area (Å²) in [6.07, 6.45) is 5.01. The van der Waals surface area contributed by atoms with Gasteiger partial charge in [-0.3, -0.25) is 4.79 Å². The molecular formula is C44H45N5O8. The molecule has 294 valence electrons. The summed E-state index contributed by atoms with van der Waals surface area (Å²) in [6, 6.07) is 14.9. The number of nitrogen functional groups attached to an aromatic ring is 2. The summed E-state index contributed by atoms with van der Waals surface area (Å²) in [7, 11) is 1.80. The molecule has 8 N–H and O–H groups in total. The monoisotopic (exact) mass is 771 g/mol. The zero-order chi connectivity index (χ0) is 40.4. The van der Waals surface area contributed by atoms with Gasteiger partial charge in [0.1, 0.15) is 63.9 Å². The first-order chi connectivity index (χ1) is 27.4. The average molecular weight is 772 g/mol. The molecule has 7 rings (SSSR count). The first-order valence-corrected chi connectivity index (χ1v) is 18.8. The van der Waals surface area contributed by atoms with Crippen LogP contribution in [0.3, 0.4) is 0 Å². The lowest BCUT2D eigenvalue weighted by Gasteiger charge is -2.47. The highest BCUT2D eigenvalue weighted by atomic mass is 16.6. The number of nitrogens with zero attached hydrogens (tertiary/aromatic N) is 2. The zero-order valence-electron chi connectivity index (χ0n) is 31.9. The Kier molecular flexibility index (Phi) is 10.9. The van der Waals surface area contributed by atoms with Crippen LogP contribution in [0.15, 0.2) is 87.9 Å². The van der Waals surface area contributed by atoms with Gasteiger partial charge in [0, 0.05) is 59.8 Å². The number of rotatable bonds is 10. The van der Waals surface area contributed by atoms with Gasteiger partial charge in [0.2, 0.25) is 0 Å². The summed E-state index contributed by atoms with van der Waals surface area (Å²) in [5.41, 5.74) is 13.5. The predicted molar refractivity (Wildman–Crippen MR) is 215 cm³/mol. The summed E-state index contributed by atoms with van der Waals surface area (Å²) in [5.74, 6) is 4.81. The maximum Gasteiger partial charge on any atom is 0.334 e. The Balaban J connectivity index is 1.57. The molecule has 2 aromatic carbocycles. The van der Waals surface area contributed by atoms with Gasteiger partial charge in [-0.1, -0.05) is 30.2 Å². The Morgan fingerprint density at radius 3 is 2.63 bits per heavy atom. The third-order valence-corrected chi connectivity index (χ3v) is 11.1. The van der Waals surface area contributed by atoms with Crippen molar-refractivity contribution in [3.63, 3.8) is 0 Å². The van der Waals surface area contributed by atoms with Gasteiger partial charge in [0.25, 0.3) is 0 Å². The molecule has 3 aromatic heterocycles. The van der Waals surface area contributed by atoms with Gasteiger partial charge in [0.15, 0.2) is 5.43 Å². The van der Waals surface area contributed by atoms with Crippen LogP contribution < -0.4 is 26.9 Å². The first-order valence-electron chi connectivity index (χ1n) is 18.8. The third-order valence-electron chi connectivity index (χ3n) is 11.1. The number of aromatic nitrogens is 2. The maximum absolute atomic E-state index is 14.0. The molecule has 5 atom stereocenters. The van der Waals surface area contributed by atoms with Crippen molar-refractivity contribution in [2.75, 3.05) is 25.1 Å². The number of allylic oxidation sites excluding steroid dienone is 1. The summed E-state index contributed by atoms with van der Waals surface area (Å²) in [6.45, 7) is 3.59. The Hall–Kier alpha value is -6.36. The van der Waals surface area contributed by atoms with Gasteiger partial charge in [-0.15, -0.1) is 5.92 Å². The van der Waals surface area contributed by atoms with Crippen LogP contribution in [0.1, 0.15) is 72.1 Å². The quantitative estimate of drug-likeness (QED) is 0.0628. The molecule has 2 aliphatic rings. The number of ether oxygens (including phenoxy) is 2. The van der Waals surface area contributed by atoms with E-state index in [-0.39, 0.29) is 52.5 Å². The zero-order valence-corrected chi connectivity index (χ0v) is 31.9. The van der Waals surface area contributed by atoms with Gasteiger partial charge in [-0.2, -0.15) is 0 Å². The largest absolute Gasteiger partial charge is 0.508 e. The lowest BCUT2D eigenvalue weighted by atomic mass is 9.71. The van der Waals surface area contributed by atoms with Gasteiger partial charge in [-0.05, 0) is 87.3 Å². The molecule has 2 bridgehead atoms. The minimum atomic E-state index is -1.30. The van der Waals surface area contributed by atoms with E-state index in [0.29, 0.717) is 47.5 Å². The molecule has 0 aliphatic carbocycles. The van der Waals surface area contributed by atoms with Gasteiger partial charge in [-0.25, -0.2) is 14.8 Å². The fraction of sp³-hybridized carbons (Fsp3) is 0.318. The normalized spacial score (nSPS) is 21.6. The molecule has 0 unspecified atom stereocenters. The second-order valence-corrected chi connectivity index (χ2v) is 14.6. The van der Waals surface area contributed by atoms with Crippen LogP contribution >= 0.6 is 0 Å². The summed E-state index contributed by atoms with van der Waals surface area (Å²) >= 11 is 0. The number of nitrogens with one attached hydrogen (secondary N) is 1. The topological polar surface area (TPSA) is 216 Å². The minimum Gasteiger partial charge on any atom is -0.508 e. The molecule has 5 heterocycles. The van der Waals surface area contributed by atoms with Crippen LogP contribution in [0.4, 0.5) is 11.6 Å². The SMILES string of the molecule is C/C=C(/CCNC)C(=O)O[C@@H]1Cc2c3c(c4oc(CO)cc(=O)c4c2O)[C@@H](c2ccnc(N)c2)[C@@H](c2cccc(O)c2)C#CC[C@@H](Cc2ccc(N)nc2)[C@]1(C)O3. The number of anilines is 2. The lowest BCUT2D eigenvalue weighted by molar-refractivity contribution is -0.164. The van der Waals surface area contributed by atoms with E-state index in [4.69, 9.17) is 25.4 Å². The summed E-state index contributed by atoms with van der Waals surface area (Å²) in [4.78, 5) is 36.5. The Labute approximate surface area is 329 Å². The second-order valence-electron chi connectivity index (χ2n) is 14.6. The van der Waals surface area contributed by atoms with Gasteiger partial charge >= 0.3 is 5.97 Å². The average Bonchev–Trinajstić information content (AvgIpc) is 3.19. The number of carbonyl (C=O) groups is 1. The number of carbonyl (C=O) groups excluding carboxylic acids is 1. The van der Waals surface area contributed by atoms with E-state index in [1.807, 2.05) is 19.1 Å². The molecular weight excluding hydrogens is 727 g/mol. The van der Waals surface area contributed by atoms with E-state index in [2.05, 4.69) is 27.1 Å². The van der Waals surface area contributed by atoms with Crippen molar-refractivity contribution in [3.8, 4) is 29.1 Å². The molecule has 0 amide bonds. The number of hydrogen-bond acceptors (Lipinski definition) is 13. The number of esters is 1. The van der Waals surface area contributed by atoms with Crippen molar-refractivity contribution in [1.29, 1.82) is 0 Å². The van der Waals surface area contributed by atoms with Crippen LogP contribution in [0.5, 0.6) is 17.2 Å². The van der Waals surface area contributed by atoms with E-state index in [0.717, 1.165) is 11.6 Å². The molecule has 0 saturated carbocycles. The maximum atomic E-state index is 14.0. The predicted octanol–water partition coefficient (Wildman–Crippen LogP) is 4.99. The third kappa shape index (κ3) is 7.49. The number of aromatic hydroxyl groups is 2. The van der Waals surface area contributed by atoms with E-state index >= 15 is 0 Å². The molecule has 0 radical (unpaired) electrons. The van der Waals surface area contributed by atoms with Crippen molar-refractivity contribution in [2.45, 2.75) is 69.7 Å². The van der Waals surface area contributed by atoms with Crippen molar-refractivity contribution in [1.82, 2.24) is 15.3 Å². The van der Waals surface area contributed by atoms with Crippen LogP contribution in [-0.4, -0.2) is 56.6 Å². The van der Waals surface area contributed by atoms with Crippen LogP contribution in [0, 0.1) is 17.8 Å². The lowest BCUT2D eigenvalue weighted by Crippen LogP contribution is -2.57. The van der Waals surface area contributed by atoms with E-state index in [1.165, 1.54) is 0 Å². The van der Waals surface area contributed by atoms with Crippen LogP contribution in [-0.2, 0) is 29.0 Å². The fourth-order valence-electron chi connectivity index (χ4n) is 8.03. The highest BCUT2D eigenvalue weighted by Gasteiger charge is 2.52. The molecule has 5 aromatic rings. The first kappa shape index (κ1) is 38.9. The highest BCUT2D eigenvalue weighted by molar-refractivity contribution is 5.92. The number of aliphatic hydroxyl groups excluding tert-OH is 1. The molecule has 13 heteroatoms. The molecule has 13 nitrogen and oxygen atoms in total. The molecule has 0 spiro atoms. The second kappa shape index (κ2) is 16.0. The van der Waals surface area contributed by atoms with Gasteiger partial charge < -0.3 is 46.0 Å². The van der Waals surface area contributed by atoms with Crippen LogP contribution in [0.2, 0.25) is 0 Å². The van der Waals surface area contributed by atoms with Crippen LogP contribution in [0.25, 0.3) is 11.0 Å². The Morgan fingerprint density at radius 1 is 1.11 bits per heavy atom. The van der Waals surface area contributed by atoms with E-state index < -0.39 is 53.2 Å². The summed E-state index contributed by atoms with van der Waals surface area (Å²) in [5, 5.41) is 36.1. The van der Waals surface area contributed by atoms with Crippen molar-refractivity contribution >= 4 is 28.6 Å². The number of hydrogen-bond donors (Lipinski definition) is 6. The Bertz CT molecular complexity index is 2490. The minimum absolute atomic E-state index is 0.0171. The van der Waals surface area contributed by atoms with Crippen molar-refractivity contribution < 1.29 is 34.0 Å². The van der Waals surface area contributed by atoms with E-state index in [1.54, 1.807) is 68.8 Å². The smallest absolute Gasteiger partial charge is 0.334 e. The molecule has 2 aliphatic heterocycles. The van der Waals surface area contributed by atoms with Crippen molar-refractivity contribution in [3.05, 3.63) is 122 Å². The number of pyridine rings is 2. The number of phenols is 2. The number of benzene rings is 2. The molecule has 57 heavy (non-hydrogen) atoms. The highest BCUT2D eigenvalue weighted by Crippen LogP contribution is 2.55. The summed E-state index contributed by atoms with van der Waals surface area (Å²) < 4.78 is 20.0. The van der Waals surface area contributed by atoms with Crippen molar-refractivity contribution in [2.24, 2.45) is 5.92 Å². The fourth-order valence-corrected chi connectivity index (χ4v) is 8.03. The Morgan fingerprint density at radius 2 is 1.93 bits per heavy atom. The van der Waals surface area contributed by atoms with E-state index in [9.17, 15) is 24.9 Å². The number of phenolic OH excluding ortho intramolecular Hbond substituents is 2. The standard InChI is InChI=1S/C44H45N5O8/c1-4-25(13-15-47-3)43(54)56-34-21-32-40(53)38-33(52)20-30(23-50)55-42(38)39-37(27-14-16-48-36(46)19-27)31(26-7-5-9-29(51)18-26)10-6-8-28(44(34,2)57-41(32)39)17-24-11-12-35(45)49-22-24/h4-5,7,9,11-12,14,16,18-20,22,28,31,34,37,47,50-51,53H,8,13,15,17,21,23H2,1-3H3,(H2,45,49)(H2,46,48)/b25-4-/t28-,31+,34+,37-,44-/m0/s1. The number of aliphatic hydroxyl groups is 1. The molecule has 0 saturated heterocycles. The van der Waals surface area contributed by atoms with Gasteiger partial charge in [0.05, 0.1) is 5.92 Å². The number of nitrogens with two attached hydrogens (primary N) is 2.